The van der Waals surface area contributed by atoms with Crippen LogP contribution in [0, 0.1) is 0 Å². The molecule has 0 atom stereocenters. The lowest BCUT2D eigenvalue weighted by Gasteiger charge is -2.29. The average molecular weight is 478 g/mol. The van der Waals surface area contributed by atoms with E-state index in [-0.39, 0.29) is 36.1 Å². The van der Waals surface area contributed by atoms with Gasteiger partial charge in [-0.3, -0.25) is 4.79 Å². The highest BCUT2D eigenvalue weighted by molar-refractivity contribution is 7.89. The number of hydrogen-bond donors (Lipinski definition) is 1. The lowest BCUT2D eigenvalue weighted by atomic mass is 10.2. The molecule has 0 radical (unpaired) electrons. The van der Waals surface area contributed by atoms with Crippen molar-refractivity contribution in [3.05, 3.63) is 48.0 Å². The van der Waals surface area contributed by atoms with E-state index in [0.717, 1.165) is 13.1 Å². The molecule has 180 valence electrons. The minimum atomic E-state index is -4.04. The van der Waals surface area contributed by atoms with Crippen LogP contribution in [-0.2, 0) is 21.4 Å². The molecular weight excluding hydrogens is 446 g/mol. The van der Waals surface area contributed by atoms with Crippen molar-refractivity contribution in [2.75, 3.05) is 54.1 Å². The molecule has 1 amide bonds. The first-order chi connectivity index (χ1) is 15.9. The third kappa shape index (κ3) is 5.95. The van der Waals surface area contributed by atoms with Crippen LogP contribution in [0.1, 0.15) is 12.0 Å². The Balaban J connectivity index is 1.94. The Labute approximate surface area is 195 Å². The second-order valence-corrected chi connectivity index (χ2v) is 9.45. The van der Waals surface area contributed by atoms with Crippen LogP contribution in [0.5, 0.6) is 17.2 Å². The van der Waals surface area contributed by atoms with Crippen LogP contribution in [0.15, 0.2) is 47.4 Å². The van der Waals surface area contributed by atoms with Gasteiger partial charge in [0.15, 0.2) is 0 Å². The Morgan fingerprint density at radius 3 is 2.36 bits per heavy atom. The van der Waals surface area contributed by atoms with Crippen molar-refractivity contribution in [2.24, 2.45) is 0 Å². The molecule has 0 aliphatic carbocycles. The van der Waals surface area contributed by atoms with Crippen LogP contribution in [0.4, 0.5) is 0 Å². The summed E-state index contributed by atoms with van der Waals surface area (Å²) in [6.45, 7) is 2.75. The van der Waals surface area contributed by atoms with E-state index in [1.807, 2.05) is 18.2 Å². The van der Waals surface area contributed by atoms with Crippen molar-refractivity contribution in [2.45, 2.75) is 17.9 Å². The van der Waals surface area contributed by atoms with Crippen molar-refractivity contribution in [1.29, 1.82) is 0 Å². The van der Waals surface area contributed by atoms with E-state index in [1.165, 1.54) is 31.7 Å². The second kappa shape index (κ2) is 11.4. The maximum Gasteiger partial charge on any atom is 0.247 e. The molecule has 2 aromatic rings. The van der Waals surface area contributed by atoms with Gasteiger partial charge in [0.05, 0.1) is 21.3 Å². The van der Waals surface area contributed by atoms with Crippen molar-refractivity contribution in [1.82, 2.24) is 14.5 Å². The number of rotatable bonds is 10. The lowest BCUT2D eigenvalue weighted by molar-refractivity contribution is -0.131. The van der Waals surface area contributed by atoms with E-state index in [1.54, 1.807) is 23.1 Å². The molecule has 1 saturated heterocycles. The molecule has 10 heteroatoms. The standard InChI is InChI=1S/C23H31N3O6S/c1-30-19-8-9-21(32-3)22(16-19)33(28,29)26(17-18-6-4-5-7-20(18)31-2)13-10-23(27)25-14-11-24-12-15-25/h4-9,16,24H,10-15,17H2,1-3H3. The first-order valence-corrected chi connectivity index (χ1v) is 12.2. The van der Waals surface area contributed by atoms with E-state index < -0.39 is 10.0 Å². The van der Waals surface area contributed by atoms with Crippen LogP contribution in [-0.4, -0.2) is 77.6 Å². The molecule has 1 aliphatic heterocycles. The quantitative estimate of drug-likeness (QED) is 0.557. The van der Waals surface area contributed by atoms with Crippen molar-refractivity contribution >= 4 is 15.9 Å². The molecule has 0 unspecified atom stereocenters. The van der Waals surface area contributed by atoms with E-state index in [2.05, 4.69) is 5.32 Å². The number of hydrogen-bond acceptors (Lipinski definition) is 7. The van der Waals surface area contributed by atoms with Crippen molar-refractivity contribution in [3.63, 3.8) is 0 Å². The van der Waals surface area contributed by atoms with Gasteiger partial charge in [0.25, 0.3) is 0 Å². The summed E-state index contributed by atoms with van der Waals surface area (Å²) in [7, 11) is 0.387. The summed E-state index contributed by atoms with van der Waals surface area (Å²) in [6.07, 6.45) is 0.0701. The number of benzene rings is 2. The maximum atomic E-state index is 13.8. The zero-order valence-electron chi connectivity index (χ0n) is 19.2. The van der Waals surface area contributed by atoms with Crippen LogP contribution in [0.2, 0.25) is 0 Å². The van der Waals surface area contributed by atoms with Gasteiger partial charge in [0.2, 0.25) is 15.9 Å². The monoisotopic (exact) mass is 477 g/mol. The summed E-state index contributed by atoms with van der Waals surface area (Å²) >= 11 is 0. The molecule has 9 nitrogen and oxygen atoms in total. The summed E-state index contributed by atoms with van der Waals surface area (Å²) in [6, 6.07) is 11.8. The molecule has 1 aliphatic rings. The fraction of sp³-hybridized carbons (Fsp3) is 0.435. The summed E-state index contributed by atoms with van der Waals surface area (Å²) in [5.74, 6) is 1.09. The van der Waals surface area contributed by atoms with Crippen LogP contribution < -0.4 is 19.5 Å². The second-order valence-electron chi connectivity index (χ2n) is 7.55. The SMILES string of the molecule is COc1ccc(OC)c(S(=O)(=O)N(CCC(=O)N2CCNCC2)Cc2ccccc2OC)c1. The van der Waals surface area contributed by atoms with E-state index in [4.69, 9.17) is 14.2 Å². The van der Waals surface area contributed by atoms with Gasteiger partial charge in [-0.2, -0.15) is 4.31 Å². The summed E-state index contributed by atoms with van der Waals surface area (Å²) in [5.41, 5.74) is 0.694. The highest BCUT2D eigenvalue weighted by Gasteiger charge is 2.30. The minimum absolute atomic E-state index is 0.0174. The van der Waals surface area contributed by atoms with Crippen LogP contribution in [0.3, 0.4) is 0 Å². The molecule has 2 aromatic carbocycles. The lowest BCUT2D eigenvalue weighted by Crippen LogP contribution is -2.47. The number of carbonyl (C=O) groups is 1. The zero-order valence-corrected chi connectivity index (χ0v) is 20.1. The Hall–Kier alpha value is -2.82. The number of sulfonamides is 1. The normalized spacial score (nSPS) is 14.2. The number of para-hydroxylation sites is 1. The van der Waals surface area contributed by atoms with E-state index >= 15 is 0 Å². The molecule has 1 N–H and O–H groups in total. The largest absolute Gasteiger partial charge is 0.497 e. The molecule has 1 fully saturated rings. The van der Waals surface area contributed by atoms with E-state index in [0.29, 0.717) is 30.2 Å². The van der Waals surface area contributed by atoms with Gasteiger partial charge in [-0.1, -0.05) is 18.2 Å². The van der Waals surface area contributed by atoms with Crippen molar-refractivity contribution < 1.29 is 27.4 Å². The predicted molar refractivity (Wildman–Crippen MR) is 124 cm³/mol. The molecule has 0 bridgehead atoms. The number of amides is 1. The third-order valence-electron chi connectivity index (χ3n) is 5.57. The predicted octanol–water partition coefficient (Wildman–Crippen LogP) is 1.73. The number of methoxy groups -OCH3 is 3. The Morgan fingerprint density at radius 2 is 1.70 bits per heavy atom. The van der Waals surface area contributed by atoms with Crippen LogP contribution in [0.25, 0.3) is 0 Å². The summed E-state index contributed by atoms with van der Waals surface area (Å²) in [4.78, 5) is 14.5. The van der Waals surface area contributed by atoms with Gasteiger partial charge in [-0.05, 0) is 18.2 Å². The Morgan fingerprint density at radius 1 is 1.00 bits per heavy atom. The fourth-order valence-electron chi connectivity index (χ4n) is 3.73. The number of ether oxygens (including phenoxy) is 3. The molecule has 0 spiro atoms. The summed E-state index contributed by atoms with van der Waals surface area (Å²) < 4.78 is 44.9. The first kappa shape index (κ1) is 24.8. The Kier molecular flexibility index (Phi) is 8.54. The smallest absolute Gasteiger partial charge is 0.247 e. The average Bonchev–Trinajstić information content (AvgIpc) is 2.86. The van der Waals surface area contributed by atoms with Gasteiger partial charge in [-0.25, -0.2) is 8.42 Å². The Bertz CT molecular complexity index is 1050. The van der Waals surface area contributed by atoms with Gasteiger partial charge in [0.1, 0.15) is 22.1 Å². The van der Waals surface area contributed by atoms with Crippen molar-refractivity contribution in [3.8, 4) is 17.2 Å². The van der Waals surface area contributed by atoms with Gasteiger partial charge < -0.3 is 24.4 Å². The van der Waals surface area contributed by atoms with Gasteiger partial charge in [0, 0.05) is 57.3 Å². The van der Waals surface area contributed by atoms with Gasteiger partial charge in [-0.15, -0.1) is 0 Å². The molecule has 1 heterocycles. The van der Waals surface area contributed by atoms with E-state index in [9.17, 15) is 13.2 Å². The molecular formula is C23H31N3O6S. The highest BCUT2D eigenvalue weighted by Crippen LogP contribution is 2.32. The molecule has 33 heavy (non-hydrogen) atoms. The molecule has 3 rings (SSSR count). The topological polar surface area (TPSA) is 97.4 Å². The zero-order chi connectivity index (χ0) is 23.8. The summed E-state index contributed by atoms with van der Waals surface area (Å²) in [5, 5.41) is 3.21. The minimum Gasteiger partial charge on any atom is -0.497 e. The van der Waals surface area contributed by atoms with Crippen LogP contribution >= 0.6 is 0 Å². The molecule has 0 aromatic heterocycles. The first-order valence-electron chi connectivity index (χ1n) is 10.7. The number of piperazine rings is 1. The van der Waals surface area contributed by atoms with Gasteiger partial charge >= 0.3 is 0 Å². The number of nitrogens with zero attached hydrogens (tertiary/aromatic N) is 2. The fourth-order valence-corrected chi connectivity index (χ4v) is 5.31. The highest BCUT2D eigenvalue weighted by atomic mass is 32.2. The third-order valence-corrected chi connectivity index (χ3v) is 7.44. The number of carbonyl (C=O) groups excluding carboxylic acids is 1. The number of nitrogens with one attached hydrogen (secondary N) is 1. The molecule has 0 saturated carbocycles. The maximum absolute atomic E-state index is 13.8.